The predicted molar refractivity (Wildman–Crippen MR) is 83.4 cm³/mol. The van der Waals surface area contributed by atoms with E-state index in [2.05, 4.69) is 10.2 Å². The van der Waals surface area contributed by atoms with Crippen LogP contribution in [-0.4, -0.2) is 19.9 Å². The number of nitrogens with zero attached hydrogens (tertiary/aromatic N) is 5. The molecule has 0 fully saturated rings. The van der Waals surface area contributed by atoms with Gasteiger partial charge in [0.1, 0.15) is 5.75 Å². The molecule has 0 aliphatic carbocycles. The fourth-order valence-corrected chi connectivity index (χ4v) is 1.89. The van der Waals surface area contributed by atoms with E-state index in [1.165, 1.54) is 18.2 Å². The first kappa shape index (κ1) is 17.4. The number of phenols is 1. The molecule has 0 bridgehead atoms. The van der Waals surface area contributed by atoms with Gasteiger partial charge in [-0.3, -0.25) is 30.3 Å². The Morgan fingerprint density at radius 3 is 1.88 bits per heavy atom. The first-order chi connectivity index (χ1) is 11.7. The third-order valence-corrected chi connectivity index (χ3v) is 3.10. The Morgan fingerprint density at radius 1 is 0.880 bits per heavy atom. The van der Waals surface area contributed by atoms with E-state index in [-0.39, 0.29) is 11.4 Å². The molecule has 12 nitrogen and oxygen atoms in total. The van der Waals surface area contributed by atoms with Crippen molar-refractivity contribution in [3.05, 3.63) is 66.2 Å². The fourth-order valence-electron chi connectivity index (χ4n) is 1.89. The molecule has 2 aromatic carbocycles. The summed E-state index contributed by atoms with van der Waals surface area (Å²) < 4.78 is 0. The van der Waals surface area contributed by atoms with Gasteiger partial charge in [0.25, 0.3) is 5.69 Å². The molecule has 12 heteroatoms. The van der Waals surface area contributed by atoms with Crippen molar-refractivity contribution in [2.45, 2.75) is 6.92 Å². The molecule has 0 radical (unpaired) electrons. The highest BCUT2D eigenvalue weighted by Crippen LogP contribution is 2.41. The number of benzene rings is 2. The normalized spacial score (nSPS) is 10.8. The van der Waals surface area contributed by atoms with E-state index < -0.39 is 37.5 Å². The van der Waals surface area contributed by atoms with Crippen LogP contribution in [0.25, 0.3) is 0 Å². The van der Waals surface area contributed by atoms with Gasteiger partial charge in [-0.1, -0.05) is 0 Å². The number of non-ortho nitro benzene ring substituents is 1. The summed E-state index contributed by atoms with van der Waals surface area (Å²) in [6.07, 6.45) is 0. The summed E-state index contributed by atoms with van der Waals surface area (Å²) in [6, 6.07) is 5.20. The Bertz CT molecular complexity index is 890. The first-order valence-electron chi connectivity index (χ1n) is 6.53. The third-order valence-electron chi connectivity index (χ3n) is 3.10. The number of hydrogen-bond donors (Lipinski definition) is 1. The van der Waals surface area contributed by atoms with Gasteiger partial charge < -0.3 is 5.11 Å². The molecule has 0 saturated carbocycles. The monoisotopic (exact) mass is 347 g/mol. The molecule has 0 aromatic heterocycles. The Balaban J connectivity index is 2.63. The number of phenolic OH excluding ortho intramolecular Hbond substituents is 1. The van der Waals surface area contributed by atoms with Crippen molar-refractivity contribution >= 4 is 28.4 Å². The molecule has 25 heavy (non-hydrogen) atoms. The molecule has 2 aromatic rings. The van der Waals surface area contributed by atoms with Crippen LogP contribution in [0.3, 0.4) is 0 Å². The van der Waals surface area contributed by atoms with Crippen molar-refractivity contribution in [1.82, 2.24) is 0 Å². The van der Waals surface area contributed by atoms with Gasteiger partial charge in [-0.2, -0.15) is 5.11 Å². The topological polar surface area (TPSA) is 174 Å². The zero-order valence-corrected chi connectivity index (χ0v) is 12.5. The summed E-state index contributed by atoms with van der Waals surface area (Å²) >= 11 is 0. The molecule has 0 amide bonds. The highest BCUT2D eigenvalue weighted by molar-refractivity contribution is 5.73. The van der Waals surface area contributed by atoms with E-state index >= 15 is 0 Å². The summed E-state index contributed by atoms with van der Waals surface area (Å²) in [5, 5.41) is 49.6. The Kier molecular flexibility index (Phi) is 4.63. The van der Waals surface area contributed by atoms with Gasteiger partial charge in [0, 0.05) is 0 Å². The summed E-state index contributed by atoms with van der Waals surface area (Å²) in [6.45, 7) is 1.57. The minimum Gasteiger partial charge on any atom is -0.508 e. The first-order valence-corrected chi connectivity index (χ1v) is 6.53. The molecule has 1 N–H and O–H groups in total. The Morgan fingerprint density at radius 2 is 1.44 bits per heavy atom. The fraction of sp³-hybridized carbons (Fsp3) is 0.0769. The molecular weight excluding hydrogens is 338 g/mol. The van der Waals surface area contributed by atoms with Gasteiger partial charge in [-0.05, 0) is 30.7 Å². The minimum absolute atomic E-state index is 0.00810. The zero-order chi connectivity index (χ0) is 18.7. The quantitative estimate of drug-likeness (QED) is 0.485. The SMILES string of the molecule is Cc1cc(N=Nc2c([N+](=O)[O-])cc([N+](=O)[O-])cc2[N+](=O)[O-])ccc1O. The molecule has 2 rings (SSSR count). The number of aryl methyl sites for hydroxylation is 1. The van der Waals surface area contributed by atoms with Crippen molar-refractivity contribution < 1.29 is 19.9 Å². The number of aromatic hydroxyl groups is 1. The second kappa shape index (κ2) is 6.66. The molecule has 0 spiro atoms. The number of nitro benzene ring substituents is 3. The van der Waals surface area contributed by atoms with Crippen molar-refractivity contribution in [2.24, 2.45) is 10.2 Å². The summed E-state index contributed by atoms with van der Waals surface area (Å²) in [5.41, 5.74) is -2.73. The molecular formula is C13H9N5O7. The maximum Gasteiger partial charge on any atom is 0.310 e. The smallest absolute Gasteiger partial charge is 0.310 e. The van der Waals surface area contributed by atoms with E-state index in [1.54, 1.807) is 6.92 Å². The van der Waals surface area contributed by atoms with Crippen molar-refractivity contribution in [3.63, 3.8) is 0 Å². The molecule has 0 aliphatic rings. The lowest BCUT2D eigenvalue weighted by atomic mass is 10.2. The van der Waals surface area contributed by atoms with Crippen LogP contribution in [-0.2, 0) is 0 Å². The van der Waals surface area contributed by atoms with Crippen LogP contribution in [0.5, 0.6) is 5.75 Å². The van der Waals surface area contributed by atoms with Gasteiger partial charge in [-0.15, -0.1) is 5.11 Å². The van der Waals surface area contributed by atoms with Gasteiger partial charge in [0.2, 0.25) is 5.69 Å². The van der Waals surface area contributed by atoms with Crippen molar-refractivity contribution in [3.8, 4) is 5.75 Å². The maximum atomic E-state index is 11.1. The van der Waals surface area contributed by atoms with E-state index in [1.807, 2.05) is 0 Å². The minimum atomic E-state index is -1.02. The van der Waals surface area contributed by atoms with Crippen LogP contribution in [0.4, 0.5) is 28.4 Å². The predicted octanol–water partition coefficient (Wildman–Crippen LogP) is 3.84. The van der Waals surface area contributed by atoms with Gasteiger partial charge >= 0.3 is 11.4 Å². The maximum absolute atomic E-state index is 11.1. The summed E-state index contributed by atoms with van der Waals surface area (Å²) in [7, 11) is 0. The van der Waals surface area contributed by atoms with Gasteiger partial charge in [-0.25, -0.2) is 0 Å². The van der Waals surface area contributed by atoms with Gasteiger partial charge in [0.15, 0.2) is 0 Å². The molecule has 0 atom stereocenters. The lowest BCUT2D eigenvalue weighted by Crippen LogP contribution is -1.97. The van der Waals surface area contributed by atoms with Crippen LogP contribution in [0.1, 0.15) is 5.56 Å². The van der Waals surface area contributed by atoms with Crippen LogP contribution in [0.15, 0.2) is 40.6 Å². The average Bonchev–Trinajstić information content (AvgIpc) is 2.54. The second-order valence-corrected chi connectivity index (χ2v) is 4.77. The number of azo groups is 1. The van der Waals surface area contributed by atoms with Crippen molar-refractivity contribution in [1.29, 1.82) is 0 Å². The van der Waals surface area contributed by atoms with Gasteiger partial charge in [0.05, 0.1) is 32.6 Å². The lowest BCUT2D eigenvalue weighted by Gasteiger charge is -2.01. The highest BCUT2D eigenvalue weighted by atomic mass is 16.6. The number of nitro groups is 3. The van der Waals surface area contributed by atoms with Crippen LogP contribution in [0.2, 0.25) is 0 Å². The van der Waals surface area contributed by atoms with Crippen LogP contribution < -0.4 is 0 Å². The molecule has 0 unspecified atom stereocenters. The highest BCUT2D eigenvalue weighted by Gasteiger charge is 2.30. The number of hydrogen-bond acceptors (Lipinski definition) is 9. The molecule has 0 saturated heterocycles. The van der Waals surface area contributed by atoms with E-state index in [9.17, 15) is 35.4 Å². The Hall–Kier alpha value is -3.96. The van der Waals surface area contributed by atoms with E-state index in [4.69, 9.17) is 0 Å². The van der Waals surface area contributed by atoms with Crippen LogP contribution in [0, 0.1) is 37.3 Å². The summed E-state index contributed by atoms with van der Waals surface area (Å²) in [4.78, 5) is 30.0. The van der Waals surface area contributed by atoms with Crippen molar-refractivity contribution in [2.75, 3.05) is 0 Å². The third kappa shape index (κ3) is 3.69. The Labute approximate surface area is 138 Å². The molecule has 128 valence electrons. The van der Waals surface area contributed by atoms with E-state index in [0.29, 0.717) is 17.7 Å². The molecule has 0 heterocycles. The molecule has 0 aliphatic heterocycles. The lowest BCUT2D eigenvalue weighted by molar-refractivity contribution is -0.402. The van der Waals surface area contributed by atoms with E-state index in [0.717, 1.165) is 0 Å². The summed E-state index contributed by atoms with van der Waals surface area (Å²) in [5.74, 6) is -0.00810. The number of rotatable bonds is 5. The zero-order valence-electron chi connectivity index (χ0n) is 12.5. The average molecular weight is 347 g/mol. The standard InChI is InChI=1S/C13H9N5O7/c1-7-4-8(2-3-12(7)19)14-15-13-10(17(22)23)5-9(16(20)21)6-11(13)18(24)25/h2-6,19H,1H3. The second-order valence-electron chi connectivity index (χ2n) is 4.77. The van der Waals surface area contributed by atoms with Crippen LogP contribution >= 0.6 is 0 Å². The largest absolute Gasteiger partial charge is 0.508 e.